The summed E-state index contributed by atoms with van der Waals surface area (Å²) in [5.74, 6) is 0. The highest BCUT2D eigenvalue weighted by Gasteiger charge is 2.19. The summed E-state index contributed by atoms with van der Waals surface area (Å²) >= 11 is 0. The van der Waals surface area contributed by atoms with Crippen LogP contribution in [0.1, 0.15) is 0 Å². The molecule has 0 radical (unpaired) electrons. The summed E-state index contributed by atoms with van der Waals surface area (Å²) in [4.78, 5) is 2.42. The van der Waals surface area contributed by atoms with E-state index >= 15 is 0 Å². The molecule has 2 heteroatoms. The van der Waals surface area contributed by atoms with Gasteiger partial charge in [-0.05, 0) is 155 Å². The minimum atomic E-state index is 0.904. The third-order valence-corrected chi connectivity index (χ3v) is 13.4. The molecule has 0 spiro atoms. The van der Waals surface area contributed by atoms with Crippen molar-refractivity contribution in [2.75, 3.05) is 4.90 Å². The molecule has 66 heavy (non-hydrogen) atoms. The maximum atomic E-state index is 6.26. The van der Waals surface area contributed by atoms with Gasteiger partial charge in [-0.1, -0.05) is 176 Å². The van der Waals surface area contributed by atoms with Crippen molar-refractivity contribution in [3.63, 3.8) is 0 Å². The number of anilines is 3. The Morgan fingerprint density at radius 3 is 1.52 bits per heavy atom. The average molecular weight is 840 g/mol. The van der Waals surface area contributed by atoms with Crippen LogP contribution in [-0.4, -0.2) is 0 Å². The minimum Gasteiger partial charge on any atom is -0.456 e. The number of fused-ring (bicyclic) bond motifs is 8. The Bertz CT molecular complexity index is 3990. The van der Waals surface area contributed by atoms with E-state index in [0.29, 0.717) is 0 Å². The molecular weight excluding hydrogens is 799 g/mol. The van der Waals surface area contributed by atoms with Gasteiger partial charge in [0.15, 0.2) is 0 Å². The molecule has 13 rings (SSSR count). The summed E-state index contributed by atoms with van der Waals surface area (Å²) in [6, 6.07) is 90.5. The molecule has 0 aliphatic heterocycles. The van der Waals surface area contributed by atoms with Crippen molar-refractivity contribution < 1.29 is 4.42 Å². The topological polar surface area (TPSA) is 16.4 Å². The fraction of sp³-hybridized carbons (Fsp3) is 0. The van der Waals surface area contributed by atoms with E-state index in [2.05, 4.69) is 241 Å². The summed E-state index contributed by atoms with van der Waals surface area (Å²) < 4.78 is 6.26. The number of para-hydroxylation sites is 1. The molecule has 0 saturated carbocycles. The van der Waals surface area contributed by atoms with Crippen molar-refractivity contribution in [2.24, 2.45) is 0 Å². The Kier molecular flexibility index (Phi) is 8.89. The molecule has 0 amide bonds. The molecule has 0 saturated heterocycles. The SMILES string of the molecule is c1cc(-c2ccc(N(c3ccc(-c4cc(-c5ccc6ccccc6c5)c5ccccc5c4)cc3)c3cc4ccccc4c4ccccc34)cc2)cc(-c2ccc3c(c2)oc2ccccc23)c1. The summed E-state index contributed by atoms with van der Waals surface area (Å²) in [7, 11) is 0. The van der Waals surface area contributed by atoms with E-state index in [9.17, 15) is 0 Å². The molecule has 0 aliphatic carbocycles. The summed E-state index contributed by atoms with van der Waals surface area (Å²) in [6.45, 7) is 0. The number of furan rings is 1. The van der Waals surface area contributed by atoms with Crippen LogP contribution in [0.25, 0.3) is 110 Å². The van der Waals surface area contributed by atoms with Crippen LogP contribution in [0.2, 0.25) is 0 Å². The lowest BCUT2D eigenvalue weighted by atomic mass is 9.92. The van der Waals surface area contributed by atoms with Gasteiger partial charge < -0.3 is 9.32 Å². The molecule has 0 N–H and O–H groups in total. The first-order valence-corrected chi connectivity index (χ1v) is 22.6. The van der Waals surface area contributed by atoms with Crippen LogP contribution < -0.4 is 4.90 Å². The Balaban J connectivity index is 0.903. The van der Waals surface area contributed by atoms with Gasteiger partial charge in [-0.25, -0.2) is 0 Å². The minimum absolute atomic E-state index is 0.904. The fourth-order valence-corrected chi connectivity index (χ4v) is 10.1. The van der Waals surface area contributed by atoms with Gasteiger partial charge in [0.1, 0.15) is 11.2 Å². The second kappa shape index (κ2) is 15.5. The first-order valence-electron chi connectivity index (χ1n) is 22.6. The summed E-state index contributed by atoms with van der Waals surface area (Å²) in [5.41, 5.74) is 14.5. The van der Waals surface area contributed by atoms with E-state index in [4.69, 9.17) is 4.42 Å². The molecule has 0 atom stereocenters. The van der Waals surface area contributed by atoms with E-state index in [1.54, 1.807) is 0 Å². The normalized spacial score (nSPS) is 11.6. The molecule has 308 valence electrons. The van der Waals surface area contributed by atoms with Gasteiger partial charge in [0, 0.05) is 27.5 Å². The van der Waals surface area contributed by atoms with Crippen molar-refractivity contribution in [3.05, 3.63) is 249 Å². The fourth-order valence-electron chi connectivity index (χ4n) is 10.1. The molecule has 0 unspecified atom stereocenters. The van der Waals surface area contributed by atoms with E-state index < -0.39 is 0 Å². The monoisotopic (exact) mass is 839 g/mol. The predicted octanol–water partition coefficient (Wildman–Crippen LogP) is 18.3. The number of nitrogens with zero attached hydrogens (tertiary/aromatic N) is 1. The third kappa shape index (κ3) is 6.50. The van der Waals surface area contributed by atoms with Crippen molar-refractivity contribution in [3.8, 4) is 44.5 Å². The molecule has 12 aromatic carbocycles. The molecular formula is C64H41NO. The van der Waals surface area contributed by atoms with E-state index in [1.807, 2.05) is 12.1 Å². The Morgan fingerprint density at radius 2 is 0.758 bits per heavy atom. The average Bonchev–Trinajstić information content (AvgIpc) is 3.77. The maximum absolute atomic E-state index is 6.26. The first kappa shape index (κ1) is 37.8. The van der Waals surface area contributed by atoms with E-state index in [1.165, 1.54) is 65.3 Å². The zero-order valence-corrected chi connectivity index (χ0v) is 36.0. The molecule has 1 aromatic heterocycles. The van der Waals surface area contributed by atoms with Crippen LogP contribution >= 0.6 is 0 Å². The summed E-state index contributed by atoms with van der Waals surface area (Å²) in [5, 5.41) is 12.1. The smallest absolute Gasteiger partial charge is 0.136 e. The van der Waals surface area contributed by atoms with Crippen LogP contribution in [0.3, 0.4) is 0 Å². The Morgan fingerprint density at radius 1 is 0.242 bits per heavy atom. The molecule has 13 aromatic rings. The van der Waals surface area contributed by atoms with Crippen LogP contribution in [-0.2, 0) is 0 Å². The van der Waals surface area contributed by atoms with Crippen molar-refractivity contribution in [1.82, 2.24) is 0 Å². The lowest BCUT2D eigenvalue weighted by Gasteiger charge is -2.28. The van der Waals surface area contributed by atoms with Gasteiger partial charge in [0.25, 0.3) is 0 Å². The van der Waals surface area contributed by atoms with Crippen LogP contribution in [0, 0.1) is 0 Å². The van der Waals surface area contributed by atoms with Gasteiger partial charge >= 0.3 is 0 Å². The Hall–Kier alpha value is -8.72. The molecule has 0 fully saturated rings. The molecule has 2 nitrogen and oxygen atoms in total. The van der Waals surface area contributed by atoms with Crippen molar-refractivity contribution >= 4 is 82.1 Å². The van der Waals surface area contributed by atoms with Crippen molar-refractivity contribution in [1.29, 1.82) is 0 Å². The standard InChI is InChI=1S/C64H41NO/c1-2-13-45-37-51(25-24-42(45)12-1)61-39-52(38-49-14-3-6-19-56(49)61)44-28-33-54(34-29-44)65(62-40-50-15-4-5-18-55(50)57-20-7-8-21-58(57)62)53-31-26-43(27-32-53)46-16-11-17-47(36-46)48-30-35-60-59-22-9-10-23-63(59)66-64(60)41-48/h1-41H. The zero-order valence-electron chi connectivity index (χ0n) is 36.0. The second-order valence-corrected chi connectivity index (χ2v) is 17.3. The second-order valence-electron chi connectivity index (χ2n) is 17.3. The largest absolute Gasteiger partial charge is 0.456 e. The van der Waals surface area contributed by atoms with Gasteiger partial charge in [-0.15, -0.1) is 0 Å². The van der Waals surface area contributed by atoms with Gasteiger partial charge in [0.2, 0.25) is 0 Å². The van der Waals surface area contributed by atoms with E-state index in [-0.39, 0.29) is 0 Å². The van der Waals surface area contributed by atoms with E-state index in [0.717, 1.165) is 61.3 Å². The quantitative estimate of drug-likeness (QED) is 0.149. The highest BCUT2D eigenvalue weighted by Crippen LogP contribution is 2.44. The maximum Gasteiger partial charge on any atom is 0.136 e. The summed E-state index contributed by atoms with van der Waals surface area (Å²) in [6.07, 6.45) is 0. The number of benzene rings is 12. The number of hydrogen-bond donors (Lipinski definition) is 0. The first-order chi connectivity index (χ1) is 32.7. The van der Waals surface area contributed by atoms with Gasteiger partial charge in [0.05, 0.1) is 5.69 Å². The Labute approximate surface area is 382 Å². The zero-order chi connectivity index (χ0) is 43.6. The molecule has 1 heterocycles. The van der Waals surface area contributed by atoms with Crippen LogP contribution in [0.4, 0.5) is 17.1 Å². The lowest BCUT2D eigenvalue weighted by Crippen LogP contribution is -2.10. The van der Waals surface area contributed by atoms with Crippen LogP contribution in [0.15, 0.2) is 253 Å². The number of rotatable bonds is 7. The van der Waals surface area contributed by atoms with Gasteiger partial charge in [-0.3, -0.25) is 0 Å². The molecule has 0 bridgehead atoms. The van der Waals surface area contributed by atoms with Crippen LogP contribution in [0.5, 0.6) is 0 Å². The predicted molar refractivity (Wildman–Crippen MR) is 280 cm³/mol. The highest BCUT2D eigenvalue weighted by molar-refractivity contribution is 6.15. The van der Waals surface area contributed by atoms with Crippen molar-refractivity contribution in [2.45, 2.75) is 0 Å². The molecule has 0 aliphatic rings. The highest BCUT2D eigenvalue weighted by atomic mass is 16.3. The lowest BCUT2D eigenvalue weighted by molar-refractivity contribution is 0.669. The third-order valence-electron chi connectivity index (χ3n) is 13.4. The van der Waals surface area contributed by atoms with Gasteiger partial charge in [-0.2, -0.15) is 0 Å². The number of hydrogen-bond acceptors (Lipinski definition) is 2.